The number of rotatable bonds is 7. The molecule has 0 saturated heterocycles. The molecule has 0 bridgehead atoms. The third-order valence-corrected chi connectivity index (χ3v) is 5.32. The summed E-state index contributed by atoms with van der Waals surface area (Å²) in [6.07, 6.45) is 1.06. The highest BCUT2D eigenvalue weighted by Gasteiger charge is 2.18. The monoisotopic (exact) mass is 405 g/mol. The zero-order valence-electron chi connectivity index (χ0n) is 16.3. The molecule has 2 aromatic rings. The van der Waals surface area contributed by atoms with Gasteiger partial charge in [0.1, 0.15) is 5.75 Å². The lowest BCUT2D eigenvalue weighted by molar-refractivity contribution is -0.133. The van der Waals surface area contributed by atoms with Crippen molar-refractivity contribution in [3.05, 3.63) is 59.2 Å². The number of aryl methyl sites for hydroxylation is 1. The fraction of sp³-hybridized carbons (Fsp3) is 0.300. The Bertz CT molecular complexity index is 984. The number of ether oxygens (including phenoxy) is 2. The lowest BCUT2D eigenvalue weighted by Gasteiger charge is -2.19. The second-order valence-electron chi connectivity index (χ2n) is 6.39. The molecular formula is C20H23NO6S. The largest absolute Gasteiger partial charge is 0.496 e. The number of amides is 1. The van der Waals surface area contributed by atoms with Crippen molar-refractivity contribution in [3.8, 4) is 5.75 Å². The van der Waals surface area contributed by atoms with E-state index < -0.39 is 28.3 Å². The molecule has 0 unspecified atom stereocenters. The van der Waals surface area contributed by atoms with Crippen molar-refractivity contribution >= 4 is 21.7 Å². The normalized spacial score (nSPS) is 11.0. The van der Waals surface area contributed by atoms with Gasteiger partial charge in [0.25, 0.3) is 5.91 Å². The van der Waals surface area contributed by atoms with Crippen molar-refractivity contribution in [3.63, 3.8) is 0 Å². The molecule has 0 N–H and O–H groups in total. The van der Waals surface area contributed by atoms with Crippen LogP contribution in [0.5, 0.6) is 5.75 Å². The Morgan fingerprint density at radius 1 is 1.11 bits per heavy atom. The average Bonchev–Trinajstić information content (AvgIpc) is 2.65. The van der Waals surface area contributed by atoms with Crippen molar-refractivity contribution < 1.29 is 27.5 Å². The van der Waals surface area contributed by atoms with Gasteiger partial charge in [-0.2, -0.15) is 0 Å². The van der Waals surface area contributed by atoms with Gasteiger partial charge < -0.3 is 14.4 Å². The van der Waals surface area contributed by atoms with Crippen LogP contribution in [0.4, 0.5) is 0 Å². The maximum atomic E-state index is 12.3. The number of benzene rings is 2. The Hall–Kier alpha value is -2.87. The number of likely N-dealkylation sites (N-methyl/N-ethyl adjacent to an activating group) is 1. The Morgan fingerprint density at radius 2 is 1.79 bits per heavy atom. The van der Waals surface area contributed by atoms with E-state index in [-0.39, 0.29) is 10.5 Å². The molecule has 0 radical (unpaired) electrons. The summed E-state index contributed by atoms with van der Waals surface area (Å²) in [5, 5.41) is 0. The number of carbonyl (C=O) groups excluding carboxylic acids is 2. The molecule has 0 fully saturated rings. The van der Waals surface area contributed by atoms with Gasteiger partial charge in [0.15, 0.2) is 16.4 Å². The molecule has 0 spiro atoms. The summed E-state index contributed by atoms with van der Waals surface area (Å²) in [5.74, 6) is -0.481. The van der Waals surface area contributed by atoms with Gasteiger partial charge in [-0.05, 0) is 30.7 Å². The van der Waals surface area contributed by atoms with Crippen LogP contribution < -0.4 is 4.74 Å². The number of esters is 1. The zero-order chi connectivity index (χ0) is 20.9. The minimum atomic E-state index is -3.46. The summed E-state index contributed by atoms with van der Waals surface area (Å²) in [6, 6.07) is 11.5. The third kappa shape index (κ3) is 5.32. The van der Waals surface area contributed by atoms with E-state index in [1.807, 2.05) is 18.2 Å². The molecule has 0 aromatic heterocycles. The van der Waals surface area contributed by atoms with E-state index in [4.69, 9.17) is 9.47 Å². The molecule has 2 aromatic carbocycles. The molecule has 150 valence electrons. The van der Waals surface area contributed by atoms with E-state index in [1.54, 1.807) is 27.1 Å². The lowest BCUT2D eigenvalue weighted by Crippen LogP contribution is -2.31. The number of para-hydroxylation sites is 1. The molecule has 0 aliphatic heterocycles. The van der Waals surface area contributed by atoms with Gasteiger partial charge in [0.05, 0.1) is 17.6 Å². The van der Waals surface area contributed by atoms with E-state index in [9.17, 15) is 18.0 Å². The van der Waals surface area contributed by atoms with Gasteiger partial charge in [-0.1, -0.05) is 24.3 Å². The summed E-state index contributed by atoms with van der Waals surface area (Å²) in [7, 11) is -0.310. The molecular weight excluding hydrogens is 382 g/mol. The lowest BCUT2D eigenvalue weighted by atomic mass is 10.1. The molecule has 7 nitrogen and oxygen atoms in total. The van der Waals surface area contributed by atoms with Crippen molar-refractivity contribution in [2.75, 3.05) is 27.0 Å². The van der Waals surface area contributed by atoms with Crippen LogP contribution in [0.3, 0.4) is 0 Å². The molecule has 0 aliphatic rings. The minimum Gasteiger partial charge on any atom is -0.496 e. The van der Waals surface area contributed by atoms with Crippen LogP contribution in [0, 0.1) is 6.92 Å². The molecule has 28 heavy (non-hydrogen) atoms. The Balaban J connectivity index is 2.03. The van der Waals surface area contributed by atoms with Crippen molar-refractivity contribution in [2.45, 2.75) is 18.4 Å². The molecule has 0 aliphatic carbocycles. The van der Waals surface area contributed by atoms with Gasteiger partial charge >= 0.3 is 5.97 Å². The number of methoxy groups -OCH3 is 1. The molecule has 8 heteroatoms. The first-order valence-corrected chi connectivity index (χ1v) is 10.4. The van der Waals surface area contributed by atoms with Crippen LogP contribution in [-0.2, 0) is 25.9 Å². The Labute approximate surface area is 164 Å². The predicted octanol–water partition coefficient (Wildman–Crippen LogP) is 2.22. The van der Waals surface area contributed by atoms with Gasteiger partial charge in [-0.3, -0.25) is 4.79 Å². The molecule has 0 saturated carbocycles. The maximum absolute atomic E-state index is 12.3. The zero-order valence-corrected chi connectivity index (χ0v) is 17.1. The first-order valence-electron chi connectivity index (χ1n) is 8.47. The van der Waals surface area contributed by atoms with Crippen LogP contribution in [-0.4, -0.2) is 52.2 Å². The maximum Gasteiger partial charge on any atom is 0.338 e. The van der Waals surface area contributed by atoms with Crippen molar-refractivity contribution in [1.29, 1.82) is 0 Å². The van der Waals surface area contributed by atoms with Crippen LogP contribution in [0.25, 0.3) is 0 Å². The third-order valence-electron chi connectivity index (χ3n) is 4.21. The van der Waals surface area contributed by atoms with Gasteiger partial charge in [-0.15, -0.1) is 0 Å². The minimum absolute atomic E-state index is 0.0182. The number of nitrogens with zero attached hydrogens (tertiary/aromatic N) is 1. The predicted molar refractivity (Wildman–Crippen MR) is 104 cm³/mol. The quantitative estimate of drug-likeness (QED) is 0.656. The fourth-order valence-corrected chi connectivity index (χ4v) is 3.19. The van der Waals surface area contributed by atoms with E-state index in [2.05, 4.69) is 0 Å². The molecule has 1 amide bonds. The van der Waals surface area contributed by atoms with Gasteiger partial charge in [0, 0.05) is 25.4 Å². The van der Waals surface area contributed by atoms with E-state index >= 15 is 0 Å². The fourth-order valence-electron chi connectivity index (χ4n) is 2.54. The second kappa shape index (κ2) is 8.88. The number of sulfone groups is 1. The van der Waals surface area contributed by atoms with Crippen molar-refractivity contribution in [2.24, 2.45) is 0 Å². The van der Waals surface area contributed by atoms with Gasteiger partial charge in [-0.25, -0.2) is 13.2 Å². The topological polar surface area (TPSA) is 90.0 Å². The summed E-state index contributed by atoms with van der Waals surface area (Å²) >= 11 is 0. The highest BCUT2D eigenvalue weighted by Crippen LogP contribution is 2.19. The molecule has 2 rings (SSSR count). The smallest absolute Gasteiger partial charge is 0.338 e. The highest BCUT2D eigenvalue weighted by atomic mass is 32.2. The van der Waals surface area contributed by atoms with Crippen LogP contribution >= 0.6 is 0 Å². The standard InChI is InChI=1S/C20H23NO6S/c1-14-9-10-16(28(4,24)25)11-17(14)20(23)27-13-19(22)21(2)12-15-7-5-6-8-18(15)26-3/h5-11H,12-13H2,1-4H3. The first kappa shape index (κ1) is 21.4. The number of carbonyl (C=O) groups is 2. The van der Waals surface area contributed by atoms with Crippen LogP contribution in [0.2, 0.25) is 0 Å². The van der Waals surface area contributed by atoms with Gasteiger partial charge in [0.2, 0.25) is 0 Å². The SMILES string of the molecule is COc1ccccc1CN(C)C(=O)COC(=O)c1cc(S(C)(=O)=O)ccc1C. The number of hydrogen-bond donors (Lipinski definition) is 0. The summed E-state index contributed by atoms with van der Waals surface area (Å²) in [4.78, 5) is 26.1. The Morgan fingerprint density at radius 3 is 2.43 bits per heavy atom. The van der Waals surface area contributed by atoms with E-state index in [1.165, 1.54) is 23.1 Å². The second-order valence-corrected chi connectivity index (χ2v) is 8.40. The summed E-state index contributed by atoms with van der Waals surface area (Å²) in [6.45, 7) is 1.51. The highest BCUT2D eigenvalue weighted by molar-refractivity contribution is 7.90. The first-order chi connectivity index (χ1) is 13.1. The Kier molecular flexibility index (Phi) is 6.80. The van der Waals surface area contributed by atoms with Crippen LogP contribution in [0.1, 0.15) is 21.5 Å². The van der Waals surface area contributed by atoms with Crippen molar-refractivity contribution in [1.82, 2.24) is 4.90 Å². The average molecular weight is 405 g/mol. The summed E-state index contributed by atoms with van der Waals surface area (Å²) < 4.78 is 33.7. The number of hydrogen-bond acceptors (Lipinski definition) is 6. The van der Waals surface area contributed by atoms with Crippen LogP contribution in [0.15, 0.2) is 47.4 Å². The van der Waals surface area contributed by atoms with E-state index in [0.717, 1.165) is 11.8 Å². The molecule has 0 atom stereocenters. The molecule has 0 heterocycles. The van der Waals surface area contributed by atoms with E-state index in [0.29, 0.717) is 17.9 Å². The summed E-state index contributed by atoms with van der Waals surface area (Å²) in [5.41, 5.74) is 1.50.